The van der Waals surface area contributed by atoms with E-state index in [1.165, 1.54) is 35.5 Å². The first-order chi connectivity index (χ1) is 7.18. The topological polar surface area (TPSA) is 50.9 Å². The highest BCUT2D eigenvalue weighted by atomic mass is 32.1. The number of nitrogens with two attached hydrogens (primary N) is 1. The standard InChI is InChI=1S/C11H17N3S/c1-7(2)5-6-13-11-9(8-3-4-8)10(12)14-15-11/h5,8,13H,3-4,6H2,1-2H3,(H2,12,14). The highest BCUT2D eigenvalue weighted by Crippen LogP contribution is 2.47. The maximum atomic E-state index is 5.86. The molecule has 3 nitrogen and oxygen atoms in total. The summed E-state index contributed by atoms with van der Waals surface area (Å²) in [5.41, 5.74) is 8.44. The highest BCUT2D eigenvalue weighted by Gasteiger charge is 2.30. The lowest BCUT2D eigenvalue weighted by Gasteiger charge is -2.03. The van der Waals surface area contributed by atoms with E-state index in [1.807, 2.05) is 0 Å². The van der Waals surface area contributed by atoms with Crippen molar-refractivity contribution in [3.8, 4) is 0 Å². The van der Waals surface area contributed by atoms with Gasteiger partial charge in [0, 0.05) is 12.1 Å². The molecule has 1 aliphatic carbocycles. The van der Waals surface area contributed by atoms with Crippen LogP contribution in [0.15, 0.2) is 11.6 Å². The Hall–Kier alpha value is -1.03. The molecule has 1 aromatic rings. The molecule has 1 saturated carbocycles. The van der Waals surface area contributed by atoms with Crippen LogP contribution in [0.25, 0.3) is 0 Å². The predicted octanol–water partition coefficient (Wildman–Crippen LogP) is 2.98. The van der Waals surface area contributed by atoms with Gasteiger partial charge in [0.05, 0.1) is 0 Å². The fraction of sp³-hybridized carbons (Fsp3) is 0.545. The fourth-order valence-electron chi connectivity index (χ4n) is 1.55. The first kappa shape index (κ1) is 10.5. The average Bonchev–Trinajstić information content (AvgIpc) is 2.92. The van der Waals surface area contributed by atoms with Crippen molar-refractivity contribution in [1.82, 2.24) is 4.37 Å². The molecule has 1 aromatic heterocycles. The lowest BCUT2D eigenvalue weighted by atomic mass is 10.2. The Balaban J connectivity index is 2.04. The molecule has 1 fully saturated rings. The third-order valence-corrected chi connectivity index (χ3v) is 3.35. The molecule has 0 radical (unpaired) electrons. The molecule has 82 valence electrons. The maximum absolute atomic E-state index is 5.86. The Labute approximate surface area is 94.5 Å². The third-order valence-electron chi connectivity index (χ3n) is 2.51. The van der Waals surface area contributed by atoms with Gasteiger partial charge in [-0.15, -0.1) is 0 Å². The molecule has 0 saturated heterocycles. The van der Waals surface area contributed by atoms with Crippen LogP contribution in [-0.4, -0.2) is 10.9 Å². The van der Waals surface area contributed by atoms with Crippen molar-refractivity contribution in [3.63, 3.8) is 0 Å². The van der Waals surface area contributed by atoms with Gasteiger partial charge < -0.3 is 11.1 Å². The zero-order valence-electron chi connectivity index (χ0n) is 9.21. The largest absolute Gasteiger partial charge is 0.383 e. The van der Waals surface area contributed by atoms with Crippen LogP contribution in [0.2, 0.25) is 0 Å². The number of nitrogens with one attached hydrogen (secondary N) is 1. The van der Waals surface area contributed by atoms with E-state index in [0.717, 1.165) is 17.4 Å². The molecule has 0 atom stereocenters. The Morgan fingerprint density at radius 3 is 2.93 bits per heavy atom. The number of nitrogen functional groups attached to an aromatic ring is 1. The minimum absolute atomic E-state index is 0.665. The number of hydrogen-bond donors (Lipinski definition) is 2. The van der Waals surface area contributed by atoms with Crippen molar-refractivity contribution in [2.75, 3.05) is 17.6 Å². The molecule has 0 spiro atoms. The van der Waals surface area contributed by atoms with Crippen molar-refractivity contribution >= 4 is 22.4 Å². The van der Waals surface area contributed by atoms with Gasteiger partial charge in [-0.2, -0.15) is 4.37 Å². The van der Waals surface area contributed by atoms with E-state index in [1.54, 1.807) is 0 Å². The molecule has 2 rings (SSSR count). The first-order valence-corrected chi connectivity index (χ1v) is 6.08. The highest BCUT2D eigenvalue weighted by molar-refractivity contribution is 7.10. The second-order valence-electron chi connectivity index (χ2n) is 4.25. The fourth-order valence-corrected chi connectivity index (χ4v) is 2.36. The van der Waals surface area contributed by atoms with Crippen LogP contribution in [0.4, 0.5) is 10.8 Å². The molecule has 1 heterocycles. The van der Waals surface area contributed by atoms with E-state index in [-0.39, 0.29) is 0 Å². The van der Waals surface area contributed by atoms with E-state index in [2.05, 4.69) is 29.6 Å². The van der Waals surface area contributed by atoms with Crippen molar-refractivity contribution in [2.45, 2.75) is 32.6 Å². The number of aromatic nitrogens is 1. The van der Waals surface area contributed by atoms with Crippen molar-refractivity contribution in [1.29, 1.82) is 0 Å². The molecule has 0 amide bonds. The van der Waals surface area contributed by atoms with Crippen LogP contribution in [-0.2, 0) is 0 Å². The minimum atomic E-state index is 0.665. The van der Waals surface area contributed by atoms with Gasteiger partial charge in [0.25, 0.3) is 0 Å². The first-order valence-electron chi connectivity index (χ1n) is 5.30. The second-order valence-corrected chi connectivity index (χ2v) is 5.02. The average molecular weight is 223 g/mol. The predicted molar refractivity (Wildman–Crippen MR) is 66.4 cm³/mol. The van der Waals surface area contributed by atoms with Gasteiger partial charge in [-0.25, -0.2) is 0 Å². The SMILES string of the molecule is CC(C)=CCNc1snc(N)c1C1CC1. The summed E-state index contributed by atoms with van der Waals surface area (Å²) in [6.07, 6.45) is 4.70. The number of allylic oxidation sites excluding steroid dienone is 1. The maximum Gasteiger partial charge on any atom is 0.142 e. The number of nitrogens with zero attached hydrogens (tertiary/aromatic N) is 1. The smallest absolute Gasteiger partial charge is 0.142 e. The molecule has 0 aliphatic heterocycles. The second kappa shape index (κ2) is 4.23. The molecule has 0 unspecified atom stereocenters. The monoisotopic (exact) mass is 223 g/mol. The van der Waals surface area contributed by atoms with Crippen LogP contribution in [0, 0.1) is 0 Å². The quantitative estimate of drug-likeness (QED) is 0.771. The van der Waals surface area contributed by atoms with Crippen LogP contribution < -0.4 is 11.1 Å². The number of rotatable bonds is 4. The summed E-state index contributed by atoms with van der Waals surface area (Å²) < 4.78 is 4.21. The van der Waals surface area contributed by atoms with Crippen LogP contribution >= 0.6 is 11.5 Å². The molecular formula is C11H17N3S. The Morgan fingerprint density at radius 1 is 1.60 bits per heavy atom. The molecule has 3 N–H and O–H groups in total. The normalized spacial score (nSPS) is 15.1. The number of hydrogen-bond acceptors (Lipinski definition) is 4. The summed E-state index contributed by atoms with van der Waals surface area (Å²) in [6.45, 7) is 5.07. The van der Waals surface area contributed by atoms with E-state index in [0.29, 0.717) is 5.92 Å². The van der Waals surface area contributed by atoms with Gasteiger partial charge in [-0.05, 0) is 44.1 Å². The lowest BCUT2D eigenvalue weighted by molar-refractivity contribution is 1.13. The van der Waals surface area contributed by atoms with Crippen molar-refractivity contribution in [3.05, 3.63) is 17.2 Å². The molecule has 0 bridgehead atoms. The van der Waals surface area contributed by atoms with Gasteiger partial charge in [0.1, 0.15) is 10.8 Å². The zero-order valence-corrected chi connectivity index (χ0v) is 10.0. The van der Waals surface area contributed by atoms with E-state index < -0.39 is 0 Å². The Morgan fingerprint density at radius 2 is 2.33 bits per heavy atom. The summed E-state index contributed by atoms with van der Waals surface area (Å²) in [6, 6.07) is 0. The third kappa shape index (κ3) is 2.50. The minimum Gasteiger partial charge on any atom is -0.383 e. The van der Waals surface area contributed by atoms with Crippen LogP contribution in [0.3, 0.4) is 0 Å². The molecule has 15 heavy (non-hydrogen) atoms. The van der Waals surface area contributed by atoms with Gasteiger partial charge >= 0.3 is 0 Å². The molecule has 1 aliphatic rings. The Bertz CT molecular complexity index is 373. The van der Waals surface area contributed by atoms with Gasteiger partial charge in [0.15, 0.2) is 0 Å². The molecular weight excluding hydrogens is 206 g/mol. The summed E-state index contributed by atoms with van der Waals surface area (Å²) >= 11 is 1.48. The van der Waals surface area contributed by atoms with Crippen molar-refractivity contribution in [2.24, 2.45) is 0 Å². The Kier molecular flexibility index (Phi) is 2.95. The van der Waals surface area contributed by atoms with E-state index in [9.17, 15) is 0 Å². The summed E-state index contributed by atoms with van der Waals surface area (Å²) in [5, 5.41) is 4.55. The zero-order chi connectivity index (χ0) is 10.8. The van der Waals surface area contributed by atoms with Crippen LogP contribution in [0.1, 0.15) is 38.2 Å². The van der Waals surface area contributed by atoms with Crippen molar-refractivity contribution < 1.29 is 0 Å². The van der Waals surface area contributed by atoms with E-state index in [4.69, 9.17) is 5.73 Å². The lowest BCUT2D eigenvalue weighted by Crippen LogP contribution is -2.00. The molecule has 0 aromatic carbocycles. The molecule has 4 heteroatoms. The summed E-state index contributed by atoms with van der Waals surface area (Å²) in [4.78, 5) is 0. The van der Waals surface area contributed by atoms with Crippen LogP contribution in [0.5, 0.6) is 0 Å². The summed E-state index contributed by atoms with van der Waals surface area (Å²) in [5.74, 6) is 1.39. The van der Waals surface area contributed by atoms with Gasteiger partial charge in [-0.1, -0.05) is 11.6 Å². The van der Waals surface area contributed by atoms with E-state index >= 15 is 0 Å². The van der Waals surface area contributed by atoms with Gasteiger partial charge in [-0.3, -0.25) is 0 Å². The number of anilines is 2. The summed E-state index contributed by atoms with van der Waals surface area (Å²) in [7, 11) is 0. The van der Waals surface area contributed by atoms with Gasteiger partial charge in [0.2, 0.25) is 0 Å².